The van der Waals surface area contributed by atoms with E-state index in [-0.39, 0.29) is 35.2 Å². The molecule has 0 saturated carbocycles. The van der Waals surface area contributed by atoms with Crippen LogP contribution in [0.4, 0.5) is 5.69 Å². The van der Waals surface area contributed by atoms with Crippen LogP contribution in [-0.2, 0) is 14.8 Å². The van der Waals surface area contributed by atoms with Crippen molar-refractivity contribution in [3.63, 3.8) is 0 Å². The summed E-state index contributed by atoms with van der Waals surface area (Å²) in [4.78, 5) is 10.2. The van der Waals surface area contributed by atoms with Crippen LogP contribution in [0, 0.1) is 15.5 Å². The zero-order valence-corrected chi connectivity index (χ0v) is 13.7. The van der Waals surface area contributed by atoms with Crippen LogP contribution in [0.15, 0.2) is 29.2 Å². The van der Waals surface area contributed by atoms with Gasteiger partial charge in [0.2, 0.25) is 10.0 Å². The lowest BCUT2D eigenvalue weighted by Gasteiger charge is -2.38. The highest BCUT2D eigenvalue weighted by atomic mass is 32.2. The smallest absolute Gasteiger partial charge is 0.270 e. The van der Waals surface area contributed by atoms with Crippen molar-refractivity contribution >= 4 is 15.7 Å². The summed E-state index contributed by atoms with van der Waals surface area (Å²) in [7, 11) is -3.76. The Morgan fingerprint density at radius 1 is 1.36 bits per heavy atom. The van der Waals surface area contributed by atoms with Gasteiger partial charge in [0.25, 0.3) is 5.69 Å². The highest BCUT2D eigenvalue weighted by Gasteiger charge is 2.36. The lowest BCUT2D eigenvalue weighted by Crippen LogP contribution is -2.49. The van der Waals surface area contributed by atoms with Gasteiger partial charge in [-0.1, -0.05) is 26.8 Å². The van der Waals surface area contributed by atoms with Gasteiger partial charge in [0.15, 0.2) is 0 Å². The molecule has 1 unspecified atom stereocenters. The van der Waals surface area contributed by atoms with Crippen molar-refractivity contribution in [1.29, 1.82) is 0 Å². The fourth-order valence-electron chi connectivity index (χ4n) is 2.27. The fourth-order valence-corrected chi connectivity index (χ4v) is 3.74. The number of benzene rings is 1. The Morgan fingerprint density at radius 2 is 2.05 bits per heavy atom. The Labute approximate surface area is 130 Å². The minimum atomic E-state index is -3.76. The first kappa shape index (κ1) is 16.9. The standard InChI is InChI=1S/C14H20N2O5S/c1-14(2,3)13-10-15(7-8-21-13)22(19,20)12-6-4-5-11(9-12)16(17)18/h4-6,9,13H,7-8,10H2,1-3H3. The average molecular weight is 328 g/mol. The molecule has 1 atom stereocenters. The van der Waals surface area contributed by atoms with Crippen LogP contribution < -0.4 is 0 Å². The first-order chi connectivity index (χ1) is 10.1. The second-order valence-electron chi connectivity index (χ2n) is 6.34. The molecule has 122 valence electrons. The molecule has 1 aromatic rings. The van der Waals surface area contributed by atoms with Gasteiger partial charge in [-0.15, -0.1) is 0 Å². The summed E-state index contributed by atoms with van der Waals surface area (Å²) in [6.07, 6.45) is -0.213. The summed E-state index contributed by atoms with van der Waals surface area (Å²) in [6, 6.07) is 5.13. The van der Waals surface area contributed by atoms with Crippen molar-refractivity contribution in [2.24, 2.45) is 5.41 Å². The van der Waals surface area contributed by atoms with E-state index >= 15 is 0 Å². The van der Waals surface area contributed by atoms with Gasteiger partial charge in [-0.3, -0.25) is 10.1 Å². The van der Waals surface area contributed by atoms with Gasteiger partial charge in [-0.2, -0.15) is 4.31 Å². The molecule has 1 fully saturated rings. The molecule has 0 aliphatic carbocycles. The molecule has 22 heavy (non-hydrogen) atoms. The molecule has 0 radical (unpaired) electrons. The number of nitro benzene ring substituents is 1. The highest BCUT2D eigenvalue weighted by Crippen LogP contribution is 2.28. The fraction of sp³-hybridized carbons (Fsp3) is 0.571. The highest BCUT2D eigenvalue weighted by molar-refractivity contribution is 7.89. The minimum absolute atomic E-state index is 0.0590. The molecular weight excluding hydrogens is 308 g/mol. The van der Waals surface area contributed by atoms with Gasteiger partial charge in [0, 0.05) is 25.2 Å². The molecule has 1 heterocycles. The number of hydrogen-bond donors (Lipinski definition) is 0. The molecule has 0 aromatic heterocycles. The lowest BCUT2D eigenvalue weighted by molar-refractivity contribution is -0.385. The second-order valence-corrected chi connectivity index (χ2v) is 8.28. The minimum Gasteiger partial charge on any atom is -0.375 e. The number of non-ortho nitro benzene ring substituents is 1. The van der Waals surface area contributed by atoms with Crippen molar-refractivity contribution in [3.8, 4) is 0 Å². The monoisotopic (exact) mass is 328 g/mol. The van der Waals surface area contributed by atoms with E-state index in [1.165, 1.54) is 22.5 Å². The Morgan fingerprint density at radius 3 is 2.64 bits per heavy atom. The maximum Gasteiger partial charge on any atom is 0.270 e. The summed E-state index contributed by atoms with van der Waals surface area (Å²) >= 11 is 0. The predicted octanol–water partition coefficient (Wildman–Crippen LogP) is 2.03. The zero-order chi connectivity index (χ0) is 16.5. The molecule has 0 bridgehead atoms. The first-order valence-electron chi connectivity index (χ1n) is 6.98. The van der Waals surface area contributed by atoms with Gasteiger partial charge in [0.1, 0.15) is 0 Å². The number of nitro groups is 1. The van der Waals surface area contributed by atoms with Crippen LogP contribution in [0.5, 0.6) is 0 Å². The Hall–Kier alpha value is -1.51. The number of sulfonamides is 1. The van der Waals surface area contributed by atoms with Crippen LogP contribution in [0.3, 0.4) is 0 Å². The summed E-state index contributed by atoms with van der Waals surface area (Å²) in [6.45, 7) is 6.77. The molecule has 1 aliphatic heterocycles. The van der Waals surface area contributed by atoms with Crippen LogP contribution >= 0.6 is 0 Å². The number of rotatable bonds is 3. The Kier molecular flexibility index (Phi) is 4.55. The summed E-state index contributed by atoms with van der Waals surface area (Å²) in [5, 5.41) is 10.8. The van der Waals surface area contributed by atoms with E-state index in [2.05, 4.69) is 0 Å². The van der Waals surface area contributed by atoms with Gasteiger partial charge in [-0.05, 0) is 11.5 Å². The molecule has 8 heteroatoms. The molecule has 0 amide bonds. The Balaban J connectivity index is 2.30. The van der Waals surface area contributed by atoms with E-state index < -0.39 is 14.9 Å². The van der Waals surface area contributed by atoms with Crippen LogP contribution in [-0.4, -0.2) is 43.4 Å². The second kappa shape index (κ2) is 5.94. The maximum absolute atomic E-state index is 12.7. The number of morpholine rings is 1. The van der Waals surface area contributed by atoms with Crippen LogP contribution in [0.2, 0.25) is 0 Å². The SMILES string of the molecule is CC(C)(C)C1CN(S(=O)(=O)c2cccc([N+](=O)[O-])c2)CCO1. The summed E-state index contributed by atoms with van der Waals surface area (Å²) in [5.41, 5.74) is -0.418. The third-order valence-electron chi connectivity index (χ3n) is 3.66. The largest absolute Gasteiger partial charge is 0.375 e. The van der Waals surface area contributed by atoms with Gasteiger partial charge < -0.3 is 4.74 Å². The van der Waals surface area contributed by atoms with Crippen molar-refractivity contribution in [3.05, 3.63) is 34.4 Å². The molecule has 7 nitrogen and oxygen atoms in total. The van der Waals surface area contributed by atoms with Crippen LogP contribution in [0.1, 0.15) is 20.8 Å². The molecule has 0 N–H and O–H groups in total. The summed E-state index contributed by atoms with van der Waals surface area (Å²) in [5.74, 6) is 0. The average Bonchev–Trinajstić information content (AvgIpc) is 2.46. The van der Waals surface area contributed by atoms with E-state index in [1.54, 1.807) is 0 Å². The van der Waals surface area contributed by atoms with Crippen molar-refractivity contribution in [1.82, 2.24) is 4.31 Å². The van der Waals surface area contributed by atoms with E-state index in [9.17, 15) is 18.5 Å². The topological polar surface area (TPSA) is 89.8 Å². The van der Waals surface area contributed by atoms with E-state index in [4.69, 9.17) is 4.74 Å². The maximum atomic E-state index is 12.7. The van der Waals surface area contributed by atoms with Gasteiger partial charge in [0.05, 0.1) is 22.5 Å². The van der Waals surface area contributed by atoms with E-state index in [0.29, 0.717) is 6.61 Å². The quantitative estimate of drug-likeness (QED) is 0.625. The number of nitrogens with zero attached hydrogens (tertiary/aromatic N) is 2. The van der Waals surface area contributed by atoms with Crippen LogP contribution in [0.25, 0.3) is 0 Å². The molecule has 1 aliphatic rings. The van der Waals surface area contributed by atoms with E-state index in [0.717, 1.165) is 6.07 Å². The Bertz CT molecular complexity index is 666. The number of hydrogen-bond acceptors (Lipinski definition) is 5. The molecule has 1 saturated heterocycles. The van der Waals surface area contributed by atoms with Crippen molar-refractivity contribution < 1.29 is 18.1 Å². The van der Waals surface area contributed by atoms with E-state index in [1.807, 2.05) is 20.8 Å². The van der Waals surface area contributed by atoms with Crippen molar-refractivity contribution in [2.45, 2.75) is 31.8 Å². The molecular formula is C14H20N2O5S. The molecule has 1 aromatic carbocycles. The van der Waals surface area contributed by atoms with Gasteiger partial charge in [-0.25, -0.2) is 8.42 Å². The zero-order valence-electron chi connectivity index (χ0n) is 12.9. The first-order valence-corrected chi connectivity index (χ1v) is 8.42. The molecule has 0 spiro atoms. The third-order valence-corrected chi connectivity index (χ3v) is 5.52. The summed E-state index contributed by atoms with van der Waals surface area (Å²) < 4.78 is 32.4. The number of ether oxygens (including phenoxy) is 1. The molecule has 2 rings (SSSR count). The predicted molar refractivity (Wildman–Crippen MR) is 81.1 cm³/mol. The normalized spacial score (nSPS) is 20.8. The van der Waals surface area contributed by atoms with Crippen molar-refractivity contribution in [2.75, 3.05) is 19.7 Å². The lowest BCUT2D eigenvalue weighted by atomic mass is 9.88. The van der Waals surface area contributed by atoms with Gasteiger partial charge >= 0.3 is 0 Å². The third kappa shape index (κ3) is 3.45.